The molecule has 0 spiro atoms. The molecule has 0 aliphatic carbocycles. The van der Waals surface area contributed by atoms with Crippen LogP contribution in [0.25, 0.3) is 0 Å². The Labute approximate surface area is 162 Å². The molecule has 1 amide bonds. The van der Waals surface area contributed by atoms with Crippen LogP contribution in [-0.2, 0) is 19.5 Å². The molecule has 0 radical (unpaired) electrons. The minimum Gasteiger partial charge on any atom is -0.508 e. The summed E-state index contributed by atoms with van der Waals surface area (Å²) in [5.74, 6) is -0.502. The molecule has 4 nitrogen and oxygen atoms in total. The Morgan fingerprint density at radius 2 is 1.56 bits per heavy atom. The second kappa shape index (κ2) is 6.97. The first-order valence-corrected chi connectivity index (χ1v) is 9.04. The van der Waals surface area contributed by atoms with Crippen molar-refractivity contribution in [2.45, 2.75) is 19.5 Å². The first kappa shape index (κ1) is 17.4. The SMILES string of the molecule is O=C(c1cc(Cc2ccc(Cl)cc2)c(O)cc1O)N1Cc2ccccc2C1. The average Bonchev–Trinajstić information content (AvgIpc) is 3.09. The van der Waals surface area contributed by atoms with E-state index in [1.807, 2.05) is 36.4 Å². The van der Waals surface area contributed by atoms with E-state index in [0.29, 0.717) is 30.1 Å². The number of hydrogen-bond donors (Lipinski definition) is 2. The van der Waals surface area contributed by atoms with Crippen molar-refractivity contribution in [2.75, 3.05) is 0 Å². The van der Waals surface area contributed by atoms with Gasteiger partial charge in [0.2, 0.25) is 0 Å². The summed E-state index contributed by atoms with van der Waals surface area (Å²) in [5.41, 5.74) is 3.96. The van der Waals surface area contributed by atoms with Gasteiger partial charge in [-0.05, 0) is 40.5 Å². The van der Waals surface area contributed by atoms with Crippen LogP contribution in [0.3, 0.4) is 0 Å². The van der Waals surface area contributed by atoms with Crippen LogP contribution in [0.2, 0.25) is 5.02 Å². The van der Waals surface area contributed by atoms with Crippen molar-refractivity contribution in [1.82, 2.24) is 4.90 Å². The molecule has 2 N–H and O–H groups in total. The largest absolute Gasteiger partial charge is 0.508 e. The highest BCUT2D eigenvalue weighted by atomic mass is 35.5. The number of amides is 1. The molecule has 4 rings (SSSR count). The maximum absolute atomic E-state index is 13.0. The number of benzene rings is 3. The van der Waals surface area contributed by atoms with Crippen LogP contribution in [-0.4, -0.2) is 21.0 Å². The normalized spacial score (nSPS) is 12.9. The van der Waals surface area contributed by atoms with Crippen LogP contribution < -0.4 is 0 Å². The number of nitrogens with zero attached hydrogens (tertiary/aromatic N) is 1. The number of phenolic OH excluding ortho intramolecular Hbond substituents is 2. The zero-order valence-corrected chi connectivity index (χ0v) is 15.3. The molecule has 0 saturated heterocycles. The van der Waals surface area contributed by atoms with Crippen LogP contribution in [0.4, 0.5) is 0 Å². The minimum atomic E-state index is -0.249. The fourth-order valence-corrected chi connectivity index (χ4v) is 3.53. The molecule has 0 saturated carbocycles. The minimum absolute atomic E-state index is 0.0382. The summed E-state index contributed by atoms with van der Waals surface area (Å²) in [6, 6.07) is 18.0. The molecule has 0 atom stereocenters. The topological polar surface area (TPSA) is 60.8 Å². The van der Waals surface area contributed by atoms with Gasteiger partial charge >= 0.3 is 0 Å². The van der Waals surface area contributed by atoms with Crippen LogP contribution in [0.1, 0.15) is 32.6 Å². The molecular formula is C22H18ClNO3. The summed E-state index contributed by atoms with van der Waals surface area (Å²) in [6.07, 6.45) is 0.434. The molecule has 3 aromatic carbocycles. The standard InChI is InChI=1S/C22H18ClNO3/c23-18-7-5-14(6-8-18)9-17-10-19(21(26)11-20(17)25)22(27)24-12-15-3-1-2-4-16(15)13-24/h1-8,10-11,25-26H,9,12-13H2. The Morgan fingerprint density at radius 3 is 2.19 bits per heavy atom. The third kappa shape index (κ3) is 3.49. The molecule has 0 fully saturated rings. The number of rotatable bonds is 3. The van der Waals surface area contributed by atoms with E-state index in [9.17, 15) is 15.0 Å². The van der Waals surface area contributed by atoms with E-state index < -0.39 is 0 Å². The van der Waals surface area contributed by atoms with Gasteiger partial charge in [-0.2, -0.15) is 0 Å². The van der Waals surface area contributed by atoms with Crippen molar-refractivity contribution < 1.29 is 15.0 Å². The number of halogens is 1. The predicted molar refractivity (Wildman–Crippen MR) is 104 cm³/mol. The second-order valence-corrected chi connectivity index (χ2v) is 7.17. The highest BCUT2D eigenvalue weighted by Crippen LogP contribution is 2.32. The molecule has 1 heterocycles. The van der Waals surface area contributed by atoms with Gasteiger partial charge in [0, 0.05) is 30.6 Å². The fourth-order valence-electron chi connectivity index (χ4n) is 3.40. The second-order valence-electron chi connectivity index (χ2n) is 6.73. The lowest BCUT2D eigenvalue weighted by molar-refractivity contribution is 0.0748. The van der Waals surface area contributed by atoms with E-state index in [0.717, 1.165) is 16.7 Å². The van der Waals surface area contributed by atoms with E-state index in [1.165, 1.54) is 6.07 Å². The Bertz CT molecular complexity index is 990. The summed E-state index contributed by atoms with van der Waals surface area (Å²) in [7, 11) is 0. The quantitative estimate of drug-likeness (QED) is 0.704. The van der Waals surface area contributed by atoms with Crippen LogP contribution >= 0.6 is 11.6 Å². The summed E-state index contributed by atoms with van der Waals surface area (Å²) in [6.45, 7) is 1.03. The van der Waals surface area contributed by atoms with E-state index in [4.69, 9.17) is 11.6 Å². The van der Waals surface area contributed by atoms with Gasteiger partial charge in [-0.1, -0.05) is 48.0 Å². The molecular weight excluding hydrogens is 362 g/mol. The van der Waals surface area contributed by atoms with Gasteiger partial charge in [0.15, 0.2) is 0 Å². The zero-order valence-electron chi connectivity index (χ0n) is 14.5. The van der Waals surface area contributed by atoms with Crippen LogP contribution in [0.15, 0.2) is 60.7 Å². The smallest absolute Gasteiger partial charge is 0.258 e. The van der Waals surface area contributed by atoms with Crippen molar-refractivity contribution in [2.24, 2.45) is 0 Å². The van der Waals surface area contributed by atoms with E-state index >= 15 is 0 Å². The van der Waals surface area contributed by atoms with Gasteiger partial charge in [0.25, 0.3) is 5.91 Å². The van der Waals surface area contributed by atoms with Gasteiger partial charge < -0.3 is 15.1 Å². The number of aromatic hydroxyl groups is 2. The fraction of sp³-hybridized carbons (Fsp3) is 0.136. The van der Waals surface area contributed by atoms with E-state index in [2.05, 4.69) is 0 Å². The van der Waals surface area contributed by atoms with Crippen molar-refractivity contribution >= 4 is 17.5 Å². The average molecular weight is 380 g/mol. The van der Waals surface area contributed by atoms with Gasteiger partial charge in [-0.3, -0.25) is 4.79 Å². The highest BCUT2D eigenvalue weighted by Gasteiger charge is 2.26. The molecule has 0 unspecified atom stereocenters. The Hall–Kier alpha value is -2.98. The molecule has 5 heteroatoms. The number of carbonyl (C=O) groups is 1. The maximum Gasteiger partial charge on any atom is 0.258 e. The van der Waals surface area contributed by atoms with Crippen molar-refractivity contribution in [3.8, 4) is 11.5 Å². The third-order valence-corrected chi connectivity index (χ3v) is 5.12. The van der Waals surface area contributed by atoms with E-state index in [-0.39, 0.29) is 23.0 Å². The molecule has 1 aliphatic rings. The lowest BCUT2D eigenvalue weighted by Gasteiger charge is -2.17. The summed E-state index contributed by atoms with van der Waals surface area (Å²) in [4.78, 5) is 14.7. The maximum atomic E-state index is 13.0. The number of carbonyl (C=O) groups excluding carboxylic acids is 1. The number of phenols is 2. The molecule has 136 valence electrons. The molecule has 0 aromatic heterocycles. The van der Waals surface area contributed by atoms with Gasteiger partial charge in [-0.25, -0.2) is 0 Å². The van der Waals surface area contributed by atoms with Gasteiger partial charge in [0.1, 0.15) is 11.5 Å². The number of hydrogen-bond acceptors (Lipinski definition) is 3. The van der Waals surface area contributed by atoms with Crippen molar-refractivity contribution in [3.63, 3.8) is 0 Å². The third-order valence-electron chi connectivity index (χ3n) is 4.86. The van der Waals surface area contributed by atoms with Crippen molar-refractivity contribution in [3.05, 3.63) is 93.5 Å². The van der Waals surface area contributed by atoms with Crippen molar-refractivity contribution in [1.29, 1.82) is 0 Å². The molecule has 1 aliphatic heterocycles. The summed E-state index contributed by atoms with van der Waals surface area (Å²) >= 11 is 5.91. The lowest BCUT2D eigenvalue weighted by Crippen LogP contribution is -2.25. The number of fused-ring (bicyclic) bond motifs is 1. The first-order valence-electron chi connectivity index (χ1n) is 8.66. The summed E-state index contributed by atoms with van der Waals surface area (Å²) in [5, 5.41) is 21.1. The summed E-state index contributed by atoms with van der Waals surface area (Å²) < 4.78 is 0. The van der Waals surface area contributed by atoms with Gasteiger partial charge in [-0.15, -0.1) is 0 Å². The Kier molecular flexibility index (Phi) is 4.50. The lowest BCUT2D eigenvalue weighted by atomic mass is 10.0. The van der Waals surface area contributed by atoms with Crippen LogP contribution in [0.5, 0.6) is 11.5 Å². The van der Waals surface area contributed by atoms with Gasteiger partial charge in [0.05, 0.1) is 5.56 Å². The zero-order chi connectivity index (χ0) is 19.0. The molecule has 3 aromatic rings. The molecule has 27 heavy (non-hydrogen) atoms. The predicted octanol–water partition coefficient (Wildman–Crippen LogP) is 4.50. The highest BCUT2D eigenvalue weighted by molar-refractivity contribution is 6.30. The van der Waals surface area contributed by atoms with E-state index in [1.54, 1.807) is 23.1 Å². The Morgan fingerprint density at radius 1 is 0.926 bits per heavy atom. The first-order chi connectivity index (χ1) is 13.0. The monoisotopic (exact) mass is 379 g/mol. The molecule has 0 bridgehead atoms. The van der Waals surface area contributed by atoms with Crippen LogP contribution in [0, 0.1) is 0 Å². The Balaban J connectivity index is 1.61.